The number of rotatable bonds is 9. The smallest absolute Gasteiger partial charge is 0.292 e. The van der Waals surface area contributed by atoms with Crippen LogP contribution in [0.25, 0.3) is 0 Å². The Morgan fingerprint density at radius 3 is 2.52 bits per heavy atom. The van der Waals surface area contributed by atoms with Crippen LogP contribution in [0.5, 0.6) is 5.75 Å². The van der Waals surface area contributed by atoms with Gasteiger partial charge in [-0.3, -0.25) is 14.9 Å². The molecule has 2 rings (SSSR count). The third-order valence-corrected chi connectivity index (χ3v) is 3.56. The van der Waals surface area contributed by atoms with Gasteiger partial charge >= 0.3 is 0 Å². The lowest BCUT2D eigenvalue weighted by atomic mass is 10.2. The van der Waals surface area contributed by atoms with E-state index in [-0.39, 0.29) is 18.2 Å². The van der Waals surface area contributed by atoms with E-state index >= 15 is 0 Å². The van der Waals surface area contributed by atoms with E-state index < -0.39 is 4.92 Å². The first-order valence-corrected chi connectivity index (χ1v) is 8.06. The summed E-state index contributed by atoms with van der Waals surface area (Å²) in [6, 6.07) is 14.0. The van der Waals surface area contributed by atoms with Crippen molar-refractivity contribution in [2.75, 3.05) is 25.0 Å². The molecule has 0 unspecified atom stereocenters. The van der Waals surface area contributed by atoms with Crippen LogP contribution in [0.4, 0.5) is 11.4 Å². The second-order valence-corrected chi connectivity index (χ2v) is 5.34. The van der Waals surface area contributed by atoms with Gasteiger partial charge in [-0.1, -0.05) is 31.2 Å². The standard InChI is InChI=1S/C18H21N3O4/c1-2-14-7-9-15(10-8-14)25-13-18(22)20-12-11-19-16-5-3-4-6-17(16)21(23)24/h3-10,19H,2,11-13H2,1H3,(H,20,22). The molecule has 25 heavy (non-hydrogen) atoms. The molecule has 7 heteroatoms. The fourth-order valence-corrected chi connectivity index (χ4v) is 2.20. The number of aryl methyl sites for hydroxylation is 1. The first-order chi connectivity index (χ1) is 12.1. The highest BCUT2D eigenvalue weighted by Crippen LogP contribution is 2.22. The maximum Gasteiger partial charge on any atom is 0.292 e. The number of benzene rings is 2. The Morgan fingerprint density at radius 1 is 1.12 bits per heavy atom. The lowest BCUT2D eigenvalue weighted by molar-refractivity contribution is -0.384. The average molecular weight is 343 g/mol. The fourth-order valence-electron chi connectivity index (χ4n) is 2.20. The predicted octanol–water partition coefficient (Wildman–Crippen LogP) is 2.76. The van der Waals surface area contributed by atoms with Gasteiger partial charge in [-0.25, -0.2) is 0 Å². The summed E-state index contributed by atoms with van der Waals surface area (Å²) >= 11 is 0. The van der Waals surface area contributed by atoms with Crippen LogP contribution in [0.15, 0.2) is 48.5 Å². The summed E-state index contributed by atoms with van der Waals surface area (Å²) in [7, 11) is 0. The van der Waals surface area contributed by atoms with E-state index in [0.717, 1.165) is 6.42 Å². The molecule has 0 heterocycles. The molecule has 0 aliphatic heterocycles. The molecule has 0 spiro atoms. The van der Waals surface area contributed by atoms with E-state index in [9.17, 15) is 14.9 Å². The molecule has 1 amide bonds. The third kappa shape index (κ3) is 5.80. The van der Waals surface area contributed by atoms with E-state index in [1.54, 1.807) is 18.2 Å². The Labute approximate surface area is 146 Å². The molecule has 2 aromatic carbocycles. The maximum atomic E-state index is 11.8. The lowest BCUT2D eigenvalue weighted by Gasteiger charge is -2.09. The van der Waals surface area contributed by atoms with Crippen LogP contribution < -0.4 is 15.4 Å². The van der Waals surface area contributed by atoms with Crippen molar-refractivity contribution in [2.24, 2.45) is 0 Å². The number of nitro benzene ring substituents is 1. The molecule has 0 saturated carbocycles. The van der Waals surface area contributed by atoms with Crippen molar-refractivity contribution < 1.29 is 14.5 Å². The Balaban J connectivity index is 1.69. The monoisotopic (exact) mass is 343 g/mol. The van der Waals surface area contributed by atoms with Crippen molar-refractivity contribution in [1.29, 1.82) is 0 Å². The normalized spacial score (nSPS) is 10.1. The second kappa shape index (κ2) is 9.27. The zero-order valence-corrected chi connectivity index (χ0v) is 14.0. The SMILES string of the molecule is CCc1ccc(OCC(=O)NCCNc2ccccc2[N+](=O)[O-])cc1. The molecule has 0 aliphatic rings. The van der Waals surface area contributed by atoms with E-state index in [1.807, 2.05) is 24.3 Å². The van der Waals surface area contributed by atoms with Gasteiger partial charge < -0.3 is 15.4 Å². The molecule has 0 atom stereocenters. The Bertz CT molecular complexity index is 717. The Hall–Kier alpha value is -3.09. The zero-order chi connectivity index (χ0) is 18.1. The van der Waals surface area contributed by atoms with E-state index in [0.29, 0.717) is 24.5 Å². The van der Waals surface area contributed by atoms with Crippen molar-refractivity contribution in [2.45, 2.75) is 13.3 Å². The molecule has 7 nitrogen and oxygen atoms in total. The van der Waals surface area contributed by atoms with Gasteiger partial charge in [0.05, 0.1) is 4.92 Å². The van der Waals surface area contributed by atoms with Crippen LogP contribution in [0.2, 0.25) is 0 Å². The van der Waals surface area contributed by atoms with Gasteiger partial charge in [0.2, 0.25) is 0 Å². The number of anilines is 1. The molecule has 2 N–H and O–H groups in total. The predicted molar refractivity (Wildman–Crippen MR) is 95.9 cm³/mol. The topological polar surface area (TPSA) is 93.5 Å². The maximum absolute atomic E-state index is 11.8. The highest BCUT2D eigenvalue weighted by Gasteiger charge is 2.11. The van der Waals surface area contributed by atoms with Gasteiger partial charge in [0, 0.05) is 19.2 Å². The van der Waals surface area contributed by atoms with Crippen LogP contribution in [0.1, 0.15) is 12.5 Å². The third-order valence-electron chi connectivity index (χ3n) is 3.56. The summed E-state index contributed by atoms with van der Waals surface area (Å²) in [6.45, 7) is 2.71. The highest BCUT2D eigenvalue weighted by molar-refractivity contribution is 5.77. The van der Waals surface area contributed by atoms with Crippen molar-refractivity contribution in [1.82, 2.24) is 5.32 Å². The Morgan fingerprint density at radius 2 is 1.84 bits per heavy atom. The van der Waals surface area contributed by atoms with Gasteiger partial charge in [-0.2, -0.15) is 0 Å². The van der Waals surface area contributed by atoms with Crippen LogP contribution in [0.3, 0.4) is 0 Å². The largest absolute Gasteiger partial charge is 0.484 e. The van der Waals surface area contributed by atoms with Gasteiger partial charge in [0.25, 0.3) is 11.6 Å². The van der Waals surface area contributed by atoms with E-state index in [1.165, 1.54) is 11.6 Å². The van der Waals surface area contributed by atoms with Crippen molar-refractivity contribution in [3.63, 3.8) is 0 Å². The summed E-state index contributed by atoms with van der Waals surface area (Å²) in [5.41, 5.74) is 1.64. The molecule has 2 aromatic rings. The highest BCUT2D eigenvalue weighted by atomic mass is 16.6. The molecular formula is C18H21N3O4. The van der Waals surface area contributed by atoms with Crippen LogP contribution in [0, 0.1) is 10.1 Å². The molecule has 0 aliphatic carbocycles. The van der Waals surface area contributed by atoms with Gasteiger partial charge in [0.1, 0.15) is 11.4 Å². The lowest BCUT2D eigenvalue weighted by Crippen LogP contribution is -2.32. The average Bonchev–Trinajstić information content (AvgIpc) is 2.64. The number of nitro groups is 1. The summed E-state index contributed by atoms with van der Waals surface area (Å²) in [5, 5.41) is 16.5. The summed E-state index contributed by atoms with van der Waals surface area (Å²) in [4.78, 5) is 22.2. The number of ether oxygens (including phenoxy) is 1. The van der Waals surface area contributed by atoms with Crippen LogP contribution in [-0.4, -0.2) is 30.5 Å². The summed E-state index contributed by atoms with van der Waals surface area (Å²) < 4.78 is 5.41. The van der Waals surface area contributed by atoms with E-state index in [4.69, 9.17) is 4.74 Å². The van der Waals surface area contributed by atoms with Crippen molar-refractivity contribution in [3.8, 4) is 5.75 Å². The number of amides is 1. The number of nitrogens with zero attached hydrogens (tertiary/aromatic N) is 1. The first-order valence-electron chi connectivity index (χ1n) is 8.06. The first kappa shape index (κ1) is 18.3. The van der Waals surface area contributed by atoms with Crippen LogP contribution in [-0.2, 0) is 11.2 Å². The van der Waals surface area contributed by atoms with Crippen molar-refractivity contribution in [3.05, 3.63) is 64.2 Å². The number of para-hydroxylation sites is 2. The zero-order valence-electron chi connectivity index (χ0n) is 14.0. The number of hydrogen-bond acceptors (Lipinski definition) is 5. The molecular weight excluding hydrogens is 322 g/mol. The minimum Gasteiger partial charge on any atom is -0.484 e. The quantitative estimate of drug-likeness (QED) is 0.415. The van der Waals surface area contributed by atoms with Gasteiger partial charge in [-0.15, -0.1) is 0 Å². The minimum atomic E-state index is -0.446. The molecule has 0 bridgehead atoms. The van der Waals surface area contributed by atoms with Crippen LogP contribution >= 0.6 is 0 Å². The second-order valence-electron chi connectivity index (χ2n) is 5.34. The number of carbonyl (C=O) groups is 1. The molecule has 0 radical (unpaired) electrons. The molecule has 0 fully saturated rings. The van der Waals surface area contributed by atoms with Gasteiger partial charge in [0.15, 0.2) is 6.61 Å². The molecule has 0 saturated heterocycles. The van der Waals surface area contributed by atoms with Gasteiger partial charge in [-0.05, 0) is 30.2 Å². The molecule has 132 valence electrons. The summed E-state index contributed by atoms with van der Waals surface area (Å²) in [6.07, 6.45) is 0.952. The Kier molecular flexibility index (Phi) is 6.76. The van der Waals surface area contributed by atoms with Crippen molar-refractivity contribution >= 4 is 17.3 Å². The minimum absolute atomic E-state index is 0.00712. The number of carbonyl (C=O) groups excluding carboxylic acids is 1. The summed E-state index contributed by atoms with van der Waals surface area (Å²) in [5.74, 6) is 0.398. The van der Waals surface area contributed by atoms with E-state index in [2.05, 4.69) is 17.6 Å². The fraction of sp³-hybridized carbons (Fsp3) is 0.278. The number of nitrogens with one attached hydrogen (secondary N) is 2. The number of hydrogen-bond donors (Lipinski definition) is 2. The molecule has 0 aromatic heterocycles.